The Balaban J connectivity index is 2.22. The molecule has 1 heterocycles. The van der Waals surface area contributed by atoms with E-state index in [1.807, 2.05) is 39.0 Å². The number of nitrogens with zero attached hydrogens (tertiary/aromatic N) is 1. The quantitative estimate of drug-likeness (QED) is 0.926. The first-order valence-corrected chi connectivity index (χ1v) is 7.48. The lowest BCUT2D eigenvalue weighted by Crippen LogP contribution is -2.61. The molecule has 1 aliphatic rings. The van der Waals surface area contributed by atoms with Crippen LogP contribution in [0.1, 0.15) is 38.8 Å². The molecule has 0 saturated carbocycles. The van der Waals surface area contributed by atoms with E-state index in [0.717, 1.165) is 12.0 Å². The topological polar surface area (TPSA) is 49.4 Å². The summed E-state index contributed by atoms with van der Waals surface area (Å²) in [5.74, 6) is -0.0727. The van der Waals surface area contributed by atoms with Crippen molar-refractivity contribution in [1.82, 2.24) is 10.2 Å². The van der Waals surface area contributed by atoms with E-state index >= 15 is 0 Å². The fourth-order valence-corrected chi connectivity index (χ4v) is 2.69. The van der Waals surface area contributed by atoms with E-state index in [9.17, 15) is 9.59 Å². The van der Waals surface area contributed by atoms with Crippen LogP contribution >= 0.6 is 0 Å². The van der Waals surface area contributed by atoms with Crippen LogP contribution < -0.4 is 5.32 Å². The number of benzene rings is 1. The molecule has 0 aromatic heterocycles. The van der Waals surface area contributed by atoms with Crippen molar-refractivity contribution in [1.29, 1.82) is 0 Å². The Morgan fingerprint density at radius 1 is 1.19 bits per heavy atom. The highest BCUT2D eigenvalue weighted by molar-refractivity contribution is 5.95. The molecule has 0 bridgehead atoms. The number of carbonyl (C=O) groups excluding carboxylic acids is 2. The van der Waals surface area contributed by atoms with Gasteiger partial charge in [-0.05, 0) is 23.0 Å². The predicted octanol–water partition coefficient (Wildman–Crippen LogP) is 2.12. The largest absolute Gasteiger partial charge is 0.342 e. The van der Waals surface area contributed by atoms with Gasteiger partial charge in [0.05, 0.1) is 6.54 Å². The van der Waals surface area contributed by atoms with Crippen molar-refractivity contribution in [2.45, 2.75) is 46.7 Å². The molecular formula is C17H24N2O2. The summed E-state index contributed by atoms with van der Waals surface area (Å²) in [4.78, 5) is 26.2. The van der Waals surface area contributed by atoms with Gasteiger partial charge < -0.3 is 10.2 Å². The van der Waals surface area contributed by atoms with E-state index < -0.39 is 6.04 Å². The zero-order valence-corrected chi connectivity index (χ0v) is 13.3. The summed E-state index contributed by atoms with van der Waals surface area (Å²) in [6.45, 7) is 8.66. The maximum atomic E-state index is 12.6. The van der Waals surface area contributed by atoms with Crippen molar-refractivity contribution in [2.24, 2.45) is 5.41 Å². The second-order valence-corrected chi connectivity index (χ2v) is 6.68. The molecule has 1 unspecified atom stereocenters. The molecule has 21 heavy (non-hydrogen) atoms. The fraction of sp³-hybridized carbons (Fsp3) is 0.529. The molecule has 1 atom stereocenters. The number of amides is 2. The van der Waals surface area contributed by atoms with Crippen LogP contribution in [0.15, 0.2) is 24.3 Å². The zero-order valence-electron chi connectivity index (χ0n) is 13.3. The van der Waals surface area contributed by atoms with Crippen LogP contribution in [0.5, 0.6) is 0 Å². The van der Waals surface area contributed by atoms with Gasteiger partial charge in [0.1, 0.15) is 6.04 Å². The van der Waals surface area contributed by atoms with E-state index in [1.54, 1.807) is 4.90 Å². The molecule has 0 aliphatic carbocycles. The van der Waals surface area contributed by atoms with Gasteiger partial charge in [0, 0.05) is 6.54 Å². The van der Waals surface area contributed by atoms with Crippen LogP contribution in [-0.4, -0.2) is 29.3 Å². The van der Waals surface area contributed by atoms with Gasteiger partial charge in [-0.3, -0.25) is 9.59 Å². The van der Waals surface area contributed by atoms with Crippen molar-refractivity contribution >= 4 is 11.8 Å². The normalized spacial score (nSPS) is 19.6. The van der Waals surface area contributed by atoms with Crippen LogP contribution in [0.4, 0.5) is 0 Å². The van der Waals surface area contributed by atoms with Gasteiger partial charge in [-0.25, -0.2) is 0 Å². The minimum Gasteiger partial charge on any atom is -0.342 e. The molecule has 1 fully saturated rings. The van der Waals surface area contributed by atoms with E-state index in [4.69, 9.17) is 0 Å². The van der Waals surface area contributed by atoms with Crippen molar-refractivity contribution in [2.75, 3.05) is 6.54 Å². The lowest BCUT2D eigenvalue weighted by Gasteiger charge is -2.39. The van der Waals surface area contributed by atoms with E-state index in [-0.39, 0.29) is 23.8 Å². The first-order valence-electron chi connectivity index (χ1n) is 7.48. The van der Waals surface area contributed by atoms with Gasteiger partial charge in [0.25, 0.3) is 0 Å². The molecule has 0 spiro atoms. The summed E-state index contributed by atoms with van der Waals surface area (Å²) in [6.07, 6.45) is 0.924. The minimum absolute atomic E-state index is 0.00741. The highest BCUT2D eigenvalue weighted by Crippen LogP contribution is 2.24. The van der Waals surface area contributed by atoms with Crippen molar-refractivity contribution in [3.05, 3.63) is 35.4 Å². The van der Waals surface area contributed by atoms with E-state index in [1.165, 1.54) is 5.56 Å². The van der Waals surface area contributed by atoms with Crippen LogP contribution in [0.3, 0.4) is 0 Å². The molecule has 114 valence electrons. The number of piperazine rings is 1. The second-order valence-electron chi connectivity index (χ2n) is 6.68. The molecule has 4 heteroatoms. The van der Waals surface area contributed by atoms with Gasteiger partial charge in [-0.1, -0.05) is 52.0 Å². The Bertz CT molecular complexity index is 546. The Labute approximate surface area is 126 Å². The van der Waals surface area contributed by atoms with Gasteiger partial charge in [0.15, 0.2) is 0 Å². The molecule has 2 rings (SSSR count). The molecule has 2 amide bonds. The molecule has 1 aromatic rings. The van der Waals surface area contributed by atoms with Crippen molar-refractivity contribution in [3.8, 4) is 0 Å². The summed E-state index contributed by atoms with van der Waals surface area (Å²) >= 11 is 0. The third kappa shape index (κ3) is 3.43. The van der Waals surface area contributed by atoms with Crippen LogP contribution in [0, 0.1) is 5.41 Å². The molecule has 0 radical (unpaired) electrons. The summed E-state index contributed by atoms with van der Waals surface area (Å²) < 4.78 is 0. The maximum absolute atomic E-state index is 12.6. The summed E-state index contributed by atoms with van der Waals surface area (Å²) in [5, 5.41) is 2.82. The van der Waals surface area contributed by atoms with E-state index in [2.05, 4.69) is 18.3 Å². The second kappa shape index (κ2) is 5.88. The third-order valence-electron chi connectivity index (χ3n) is 3.92. The third-order valence-corrected chi connectivity index (χ3v) is 3.92. The average Bonchev–Trinajstić information content (AvgIpc) is 2.42. The Morgan fingerprint density at radius 3 is 2.38 bits per heavy atom. The van der Waals surface area contributed by atoms with Gasteiger partial charge >= 0.3 is 0 Å². The Hall–Kier alpha value is -1.84. The Kier molecular flexibility index (Phi) is 4.35. The smallest absolute Gasteiger partial charge is 0.246 e. The SMILES string of the molecule is CCc1ccccc1CN1CC(=O)NC(C(C)(C)C)C1=O. The molecular weight excluding hydrogens is 264 g/mol. The Morgan fingerprint density at radius 2 is 1.81 bits per heavy atom. The van der Waals surface area contributed by atoms with Crippen molar-refractivity contribution < 1.29 is 9.59 Å². The van der Waals surface area contributed by atoms with E-state index in [0.29, 0.717) is 6.54 Å². The van der Waals surface area contributed by atoms with Crippen molar-refractivity contribution in [3.63, 3.8) is 0 Å². The minimum atomic E-state index is -0.451. The highest BCUT2D eigenvalue weighted by Gasteiger charge is 2.39. The molecule has 1 aliphatic heterocycles. The number of rotatable bonds is 3. The molecule has 1 N–H and O–H groups in total. The lowest BCUT2D eigenvalue weighted by molar-refractivity contribution is -0.147. The molecule has 4 nitrogen and oxygen atoms in total. The highest BCUT2D eigenvalue weighted by atomic mass is 16.2. The zero-order chi connectivity index (χ0) is 15.6. The van der Waals surface area contributed by atoms with Crippen LogP contribution in [-0.2, 0) is 22.6 Å². The van der Waals surface area contributed by atoms with Crippen LogP contribution in [0.25, 0.3) is 0 Å². The number of carbonyl (C=O) groups is 2. The molecule has 1 aromatic carbocycles. The maximum Gasteiger partial charge on any atom is 0.246 e. The molecule has 1 saturated heterocycles. The number of nitrogens with one attached hydrogen (secondary N) is 1. The summed E-state index contributed by atoms with van der Waals surface area (Å²) in [6, 6.07) is 7.64. The van der Waals surface area contributed by atoms with Gasteiger partial charge in [-0.15, -0.1) is 0 Å². The predicted molar refractivity (Wildman–Crippen MR) is 82.6 cm³/mol. The van der Waals surface area contributed by atoms with Crippen LogP contribution in [0.2, 0.25) is 0 Å². The first kappa shape index (κ1) is 15.5. The number of hydrogen-bond acceptors (Lipinski definition) is 2. The van der Waals surface area contributed by atoms with Gasteiger partial charge in [0.2, 0.25) is 11.8 Å². The standard InChI is InChI=1S/C17H24N2O2/c1-5-12-8-6-7-9-13(12)10-19-11-14(20)18-15(16(19)21)17(2,3)4/h6-9,15H,5,10-11H2,1-4H3,(H,18,20). The fourth-order valence-electron chi connectivity index (χ4n) is 2.69. The van der Waals surface area contributed by atoms with Gasteiger partial charge in [-0.2, -0.15) is 0 Å². The number of aryl methyl sites for hydroxylation is 1. The summed E-state index contributed by atoms with van der Waals surface area (Å²) in [7, 11) is 0. The first-order chi connectivity index (χ1) is 9.82. The number of hydrogen-bond donors (Lipinski definition) is 1. The average molecular weight is 288 g/mol. The monoisotopic (exact) mass is 288 g/mol. The lowest BCUT2D eigenvalue weighted by atomic mass is 9.84. The summed E-state index contributed by atoms with van der Waals surface area (Å²) in [5.41, 5.74) is 2.06.